The van der Waals surface area contributed by atoms with Gasteiger partial charge in [0.05, 0.1) is 10.7 Å². The van der Waals surface area contributed by atoms with Crippen molar-refractivity contribution in [2.24, 2.45) is 0 Å². The number of anilines is 2. The van der Waals surface area contributed by atoms with E-state index >= 15 is 0 Å². The second-order valence-corrected chi connectivity index (χ2v) is 4.52. The fourth-order valence-electron chi connectivity index (χ4n) is 1.05. The van der Waals surface area contributed by atoms with Gasteiger partial charge in [-0.05, 0) is 24.3 Å². The second-order valence-electron chi connectivity index (χ2n) is 3.04. The number of nitrogens with two attached hydrogens (primary N) is 2. The number of halogens is 1. The van der Waals surface area contributed by atoms with E-state index in [1.807, 2.05) is 6.07 Å². The van der Waals surface area contributed by atoms with Crippen LogP contribution in [0, 0.1) is 0 Å². The molecule has 4 N–H and O–H groups in total. The third kappa shape index (κ3) is 2.56. The molecule has 0 unspecified atom stereocenters. The minimum atomic E-state index is 0.332. The first-order valence-corrected chi connectivity index (χ1v) is 5.66. The molecule has 16 heavy (non-hydrogen) atoms. The highest BCUT2D eigenvalue weighted by Crippen LogP contribution is 2.26. The molecule has 2 rings (SSSR count). The maximum atomic E-state index is 5.74. The summed E-state index contributed by atoms with van der Waals surface area (Å²) in [5.74, 6) is 0.332. The van der Waals surface area contributed by atoms with Crippen LogP contribution in [0.5, 0.6) is 0 Å². The van der Waals surface area contributed by atoms with E-state index in [1.54, 1.807) is 24.4 Å². The molecule has 2 aromatic heterocycles. The molecule has 2 heterocycles. The summed E-state index contributed by atoms with van der Waals surface area (Å²) in [7, 11) is 0. The van der Waals surface area contributed by atoms with Crippen molar-refractivity contribution in [3.63, 3.8) is 0 Å². The van der Waals surface area contributed by atoms with Crippen molar-refractivity contribution in [1.29, 1.82) is 0 Å². The first-order chi connectivity index (χ1) is 7.65. The van der Waals surface area contributed by atoms with Crippen LogP contribution in [-0.2, 0) is 0 Å². The molecule has 0 spiro atoms. The lowest BCUT2D eigenvalue weighted by atomic mass is 10.4. The van der Waals surface area contributed by atoms with Crippen LogP contribution in [0.25, 0.3) is 0 Å². The predicted octanol–water partition coefficient (Wildman–Crippen LogP) is 2.45. The lowest BCUT2D eigenvalue weighted by Crippen LogP contribution is -1.97. The summed E-state index contributed by atoms with van der Waals surface area (Å²) in [6, 6.07) is 7.12. The Morgan fingerprint density at radius 2 is 1.81 bits per heavy atom. The highest BCUT2D eigenvalue weighted by atomic mass is 35.5. The molecule has 6 heteroatoms. The fourth-order valence-corrected chi connectivity index (χ4v) is 1.90. The van der Waals surface area contributed by atoms with Gasteiger partial charge >= 0.3 is 0 Å². The lowest BCUT2D eigenvalue weighted by Gasteiger charge is -2.03. The molecule has 0 bridgehead atoms. The van der Waals surface area contributed by atoms with E-state index in [0.717, 1.165) is 10.1 Å². The molecular formula is C10H9ClN4S. The summed E-state index contributed by atoms with van der Waals surface area (Å²) in [6.07, 6.45) is 1.59. The minimum Gasteiger partial charge on any atom is -0.396 e. The average molecular weight is 253 g/mol. The third-order valence-corrected chi connectivity index (χ3v) is 2.95. The number of hydrogen-bond donors (Lipinski definition) is 2. The Labute approximate surface area is 102 Å². The van der Waals surface area contributed by atoms with E-state index in [4.69, 9.17) is 23.1 Å². The van der Waals surface area contributed by atoms with Gasteiger partial charge in [0.15, 0.2) is 0 Å². The standard InChI is InChI=1S/C10H9ClN4S/c11-6-1-3-8(14-5-6)16-9-4-2-7(12)10(13)15-9/h1-5H,12H2,(H2,13,15). The number of aromatic nitrogens is 2. The van der Waals surface area contributed by atoms with Gasteiger partial charge in [-0.2, -0.15) is 0 Å². The number of rotatable bonds is 2. The predicted molar refractivity (Wildman–Crippen MR) is 66.4 cm³/mol. The van der Waals surface area contributed by atoms with Gasteiger partial charge in [0.2, 0.25) is 0 Å². The smallest absolute Gasteiger partial charge is 0.147 e. The van der Waals surface area contributed by atoms with Gasteiger partial charge < -0.3 is 11.5 Å². The maximum absolute atomic E-state index is 5.74. The third-order valence-electron chi connectivity index (χ3n) is 1.84. The van der Waals surface area contributed by atoms with E-state index in [-0.39, 0.29) is 0 Å². The first kappa shape index (κ1) is 11.0. The molecule has 0 saturated carbocycles. The lowest BCUT2D eigenvalue weighted by molar-refractivity contribution is 1.10. The van der Waals surface area contributed by atoms with Crippen LogP contribution < -0.4 is 11.5 Å². The molecule has 0 aromatic carbocycles. The van der Waals surface area contributed by atoms with Gasteiger partial charge in [-0.3, -0.25) is 0 Å². The summed E-state index contributed by atoms with van der Waals surface area (Å²) in [5, 5.41) is 2.16. The summed E-state index contributed by atoms with van der Waals surface area (Å²) < 4.78 is 0. The fraction of sp³-hybridized carbons (Fsp3) is 0. The van der Waals surface area contributed by atoms with Crippen molar-refractivity contribution in [3.05, 3.63) is 35.5 Å². The summed E-state index contributed by atoms with van der Waals surface area (Å²) in [4.78, 5) is 8.28. The first-order valence-electron chi connectivity index (χ1n) is 4.46. The monoisotopic (exact) mass is 252 g/mol. The average Bonchev–Trinajstić information content (AvgIpc) is 2.27. The molecule has 0 fully saturated rings. The quantitative estimate of drug-likeness (QED) is 0.858. The molecule has 0 aliphatic heterocycles. The Morgan fingerprint density at radius 1 is 1.06 bits per heavy atom. The van der Waals surface area contributed by atoms with E-state index < -0.39 is 0 Å². The number of nitrogens with zero attached hydrogens (tertiary/aromatic N) is 2. The molecule has 0 atom stereocenters. The Balaban J connectivity index is 2.20. The molecule has 0 aliphatic carbocycles. The molecular weight excluding hydrogens is 244 g/mol. The topological polar surface area (TPSA) is 77.8 Å². The Bertz CT molecular complexity index is 501. The van der Waals surface area contributed by atoms with Crippen LogP contribution in [0.2, 0.25) is 5.02 Å². The van der Waals surface area contributed by atoms with Crippen molar-refractivity contribution < 1.29 is 0 Å². The zero-order valence-corrected chi connectivity index (χ0v) is 9.79. The Hall–Kier alpha value is -1.46. The number of pyridine rings is 2. The number of hydrogen-bond acceptors (Lipinski definition) is 5. The molecule has 0 radical (unpaired) electrons. The van der Waals surface area contributed by atoms with Gasteiger partial charge in [0.1, 0.15) is 15.9 Å². The maximum Gasteiger partial charge on any atom is 0.147 e. The molecule has 4 nitrogen and oxygen atoms in total. The Morgan fingerprint density at radius 3 is 2.44 bits per heavy atom. The van der Waals surface area contributed by atoms with Crippen LogP contribution in [0.15, 0.2) is 40.5 Å². The van der Waals surface area contributed by atoms with Crippen molar-refractivity contribution >= 4 is 34.9 Å². The van der Waals surface area contributed by atoms with Gasteiger partial charge in [0, 0.05) is 6.20 Å². The summed E-state index contributed by atoms with van der Waals surface area (Å²) in [5.41, 5.74) is 11.7. The molecule has 82 valence electrons. The van der Waals surface area contributed by atoms with Crippen LogP contribution in [0.1, 0.15) is 0 Å². The van der Waals surface area contributed by atoms with E-state index in [1.165, 1.54) is 11.8 Å². The minimum absolute atomic E-state index is 0.332. The number of nitrogen functional groups attached to an aromatic ring is 2. The Kier molecular flexibility index (Phi) is 3.17. The van der Waals surface area contributed by atoms with Gasteiger partial charge in [-0.15, -0.1) is 0 Å². The normalized spacial score (nSPS) is 10.3. The van der Waals surface area contributed by atoms with E-state index in [9.17, 15) is 0 Å². The van der Waals surface area contributed by atoms with Crippen LogP contribution in [0.4, 0.5) is 11.5 Å². The molecule has 2 aromatic rings. The van der Waals surface area contributed by atoms with Crippen molar-refractivity contribution in [3.8, 4) is 0 Å². The SMILES string of the molecule is Nc1ccc(Sc2ccc(Cl)cn2)nc1N. The van der Waals surface area contributed by atoms with Gasteiger partial charge in [-0.25, -0.2) is 9.97 Å². The highest BCUT2D eigenvalue weighted by molar-refractivity contribution is 7.99. The van der Waals surface area contributed by atoms with E-state index in [0.29, 0.717) is 16.5 Å². The molecule has 0 aliphatic rings. The molecule has 0 saturated heterocycles. The van der Waals surface area contributed by atoms with E-state index in [2.05, 4.69) is 9.97 Å². The zero-order valence-electron chi connectivity index (χ0n) is 8.22. The molecule has 0 amide bonds. The van der Waals surface area contributed by atoms with Crippen molar-refractivity contribution in [2.45, 2.75) is 10.1 Å². The van der Waals surface area contributed by atoms with Crippen LogP contribution in [0.3, 0.4) is 0 Å². The highest BCUT2D eigenvalue weighted by Gasteiger charge is 2.02. The van der Waals surface area contributed by atoms with Crippen molar-refractivity contribution in [2.75, 3.05) is 11.5 Å². The van der Waals surface area contributed by atoms with Gasteiger partial charge in [0.25, 0.3) is 0 Å². The second kappa shape index (κ2) is 4.59. The van der Waals surface area contributed by atoms with Crippen molar-refractivity contribution in [1.82, 2.24) is 9.97 Å². The summed E-state index contributed by atoms with van der Waals surface area (Å²) >= 11 is 7.14. The van der Waals surface area contributed by atoms with Gasteiger partial charge in [-0.1, -0.05) is 23.4 Å². The summed E-state index contributed by atoms with van der Waals surface area (Å²) in [6.45, 7) is 0. The van der Waals surface area contributed by atoms with Crippen LogP contribution >= 0.6 is 23.4 Å². The zero-order chi connectivity index (χ0) is 11.5. The van der Waals surface area contributed by atoms with Crippen LogP contribution in [-0.4, -0.2) is 9.97 Å². The largest absolute Gasteiger partial charge is 0.396 e.